The van der Waals surface area contributed by atoms with Gasteiger partial charge in [0.25, 0.3) is 0 Å². The van der Waals surface area contributed by atoms with Crippen LogP contribution in [0.2, 0.25) is 0 Å². The van der Waals surface area contributed by atoms with E-state index in [0.717, 1.165) is 47.3 Å². The summed E-state index contributed by atoms with van der Waals surface area (Å²) >= 11 is 0. The van der Waals surface area contributed by atoms with E-state index in [1.54, 1.807) is 0 Å². The van der Waals surface area contributed by atoms with Gasteiger partial charge in [-0.25, -0.2) is 0 Å². The molecular weight excluding hydrogens is 300 g/mol. The number of hydrogen-bond acceptors (Lipinski definition) is 2. The molecule has 1 aromatic heterocycles. The molecule has 1 aromatic carbocycles. The van der Waals surface area contributed by atoms with Crippen molar-refractivity contribution in [3.05, 3.63) is 52.3 Å². The average Bonchev–Trinajstić information content (AvgIpc) is 3.29. The molecule has 0 spiro atoms. The summed E-state index contributed by atoms with van der Waals surface area (Å²) in [6.45, 7) is 2.00. The van der Waals surface area contributed by atoms with Crippen LogP contribution < -0.4 is 5.73 Å². The van der Waals surface area contributed by atoms with E-state index < -0.39 is 0 Å². The van der Waals surface area contributed by atoms with Crippen molar-refractivity contribution in [2.75, 3.05) is 0 Å². The Morgan fingerprint density at radius 2 is 2.08 bits per heavy atom. The topological polar surface area (TPSA) is 65.1 Å². The van der Waals surface area contributed by atoms with E-state index in [-0.39, 0.29) is 11.7 Å². The van der Waals surface area contributed by atoms with Gasteiger partial charge in [-0.05, 0) is 74.3 Å². The third-order valence-corrected chi connectivity index (χ3v) is 5.23. The summed E-state index contributed by atoms with van der Waals surface area (Å²) in [5, 5.41) is 0. The molecule has 0 unspecified atom stereocenters. The Labute approximate surface area is 141 Å². The van der Waals surface area contributed by atoms with Gasteiger partial charge in [0.1, 0.15) is 0 Å². The van der Waals surface area contributed by atoms with E-state index >= 15 is 0 Å². The maximum atomic E-state index is 12.2. The highest BCUT2D eigenvalue weighted by atomic mass is 16.1. The predicted molar refractivity (Wildman–Crippen MR) is 92.7 cm³/mol. The maximum absolute atomic E-state index is 12.2. The molecule has 4 heteroatoms. The summed E-state index contributed by atoms with van der Waals surface area (Å²) in [6, 6.07) is 5.86. The lowest BCUT2D eigenvalue weighted by atomic mass is 9.94. The summed E-state index contributed by atoms with van der Waals surface area (Å²) in [5.41, 5.74) is 11.3. The number of nitrogens with zero attached hydrogens (tertiary/aromatic N) is 1. The molecule has 2 aliphatic carbocycles. The second-order valence-corrected chi connectivity index (χ2v) is 7.13. The minimum absolute atomic E-state index is 0.250. The highest BCUT2D eigenvalue weighted by molar-refractivity contribution is 6.00. The number of hydrogen-bond donors (Lipinski definition) is 1. The number of carbonyl (C=O) groups excluding carboxylic acids is 2. The van der Waals surface area contributed by atoms with E-state index in [1.807, 2.05) is 25.3 Å². The van der Waals surface area contributed by atoms with Crippen molar-refractivity contribution in [1.82, 2.24) is 4.57 Å². The van der Waals surface area contributed by atoms with Crippen molar-refractivity contribution >= 4 is 11.7 Å². The number of aryl methyl sites for hydroxylation is 1. The number of ketones is 1. The lowest BCUT2D eigenvalue weighted by molar-refractivity contribution is 0.0969. The maximum Gasteiger partial charge on any atom is 0.248 e. The third-order valence-electron chi connectivity index (χ3n) is 5.23. The zero-order chi connectivity index (χ0) is 16.8. The van der Waals surface area contributed by atoms with Gasteiger partial charge in [-0.1, -0.05) is 0 Å². The Balaban J connectivity index is 1.81. The Hall–Kier alpha value is -2.36. The van der Waals surface area contributed by atoms with Crippen LogP contribution in [0, 0.1) is 12.8 Å². The molecule has 0 atom stereocenters. The zero-order valence-corrected chi connectivity index (χ0v) is 14.0. The van der Waals surface area contributed by atoms with Crippen molar-refractivity contribution < 1.29 is 9.59 Å². The van der Waals surface area contributed by atoms with Crippen LogP contribution in [0.1, 0.15) is 63.2 Å². The van der Waals surface area contributed by atoms with Crippen LogP contribution in [-0.4, -0.2) is 16.3 Å². The van der Waals surface area contributed by atoms with Crippen molar-refractivity contribution in [2.24, 2.45) is 11.7 Å². The van der Waals surface area contributed by atoms with Crippen LogP contribution in [0.4, 0.5) is 0 Å². The van der Waals surface area contributed by atoms with E-state index in [2.05, 4.69) is 10.6 Å². The highest BCUT2D eigenvalue weighted by Gasteiger charge is 2.26. The molecular formula is C20H22N2O2. The van der Waals surface area contributed by atoms with Crippen molar-refractivity contribution in [2.45, 2.75) is 45.4 Å². The Kier molecular flexibility index (Phi) is 3.56. The van der Waals surface area contributed by atoms with E-state index in [4.69, 9.17) is 5.73 Å². The largest absolute Gasteiger partial charge is 0.366 e. The fraction of sp³-hybridized carbons (Fsp3) is 0.400. The normalized spacial score (nSPS) is 17.0. The molecule has 2 aromatic rings. The fourth-order valence-electron chi connectivity index (χ4n) is 3.85. The Bertz CT molecular complexity index is 844. The van der Waals surface area contributed by atoms with Crippen molar-refractivity contribution in [1.29, 1.82) is 0 Å². The summed E-state index contributed by atoms with van der Waals surface area (Å²) in [6.07, 6.45) is 7.89. The van der Waals surface area contributed by atoms with Crippen LogP contribution in [0.25, 0.3) is 5.69 Å². The molecule has 1 fully saturated rings. The van der Waals surface area contributed by atoms with Gasteiger partial charge in [-0.15, -0.1) is 0 Å². The van der Waals surface area contributed by atoms with Crippen molar-refractivity contribution in [3.63, 3.8) is 0 Å². The lowest BCUT2D eigenvalue weighted by Gasteiger charge is -2.16. The van der Waals surface area contributed by atoms with Crippen LogP contribution in [-0.2, 0) is 12.8 Å². The number of benzene rings is 1. The number of aromatic nitrogens is 1. The first-order valence-corrected chi connectivity index (χ1v) is 8.71. The van der Waals surface area contributed by atoms with Gasteiger partial charge in [0, 0.05) is 35.1 Å². The Morgan fingerprint density at radius 1 is 1.29 bits per heavy atom. The minimum atomic E-state index is -0.363. The quantitative estimate of drug-likeness (QED) is 0.938. The van der Waals surface area contributed by atoms with Gasteiger partial charge in [0.15, 0.2) is 5.78 Å². The van der Waals surface area contributed by atoms with Gasteiger partial charge >= 0.3 is 0 Å². The lowest BCUT2D eigenvalue weighted by Crippen LogP contribution is -2.15. The first-order valence-electron chi connectivity index (χ1n) is 8.71. The number of rotatable bonds is 4. The molecule has 4 nitrogen and oxygen atoms in total. The molecule has 0 saturated heterocycles. The van der Waals surface area contributed by atoms with Gasteiger partial charge in [-0.3, -0.25) is 9.59 Å². The van der Waals surface area contributed by atoms with Crippen LogP contribution in [0.3, 0.4) is 0 Å². The monoisotopic (exact) mass is 322 g/mol. The van der Waals surface area contributed by atoms with E-state index in [9.17, 15) is 9.59 Å². The van der Waals surface area contributed by atoms with Gasteiger partial charge < -0.3 is 10.3 Å². The molecule has 0 bridgehead atoms. The molecule has 124 valence electrons. The molecule has 0 radical (unpaired) electrons. The Morgan fingerprint density at radius 3 is 2.79 bits per heavy atom. The molecule has 4 rings (SSSR count). The third kappa shape index (κ3) is 2.56. The standard InChI is InChI=1S/C20H22N2O2/c1-12-11-22(17-3-2-4-18(23)19(12)17)15-7-8-16(20(21)24)14(10-15)9-13-5-6-13/h7-8,10-11,13H,2-6,9H2,1H3,(H2,21,24). The van der Waals surface area contributed by atoms with Crippen molar-refractivity contribution in [3.8, 4) is 5.69 Å². The summed E-state index contributed by atoms with van der Waals surface area (Å²) < 4.78 is 2.13. The number of fused-ring (bicyclic) bond motifs is 1. The molecule has 2 N–H and O–H groups in total. The van der Waals surface area contributed by atoms with Gasteiger partial charge in [-0.2, -0.15) is 0 Å². The average molecular weight is 322 g/mol. The SMILES string of the molecule is Cc1cn(-c2ccc(C(N)=O)c(CC3CC3)c2)c2c1C(=O)CCC2. The van der Waals surface area contributed by atoms with Gasteiger partial charge in [0.05, 0.1) is 0 Å². The van der Waals surface area contributed by atoms with Crippen LogP contribution in [0.15, 0.2) is 24.4 Å². The molecule has 0 aliphatic heterocycles. The summed E-state index contributed by atoms with van der Waals surface area (Å²) in [7, 11) is 0. The number of primary amides is 1. The minimum Gasteiger partial charge on any atom is -0.366 e. The molecule has 1 saturated carbocycles. The first kappa shape index (κ1) is 15.2. The van der Waals surface area contributed by atoms with Gasteiger partial charge in [0.2, 0.25) is 5.91 Å². The van der Waals surface area contributed by atoms with Crippen LogP contribution >= 0.6 is 0 Å². The highest BCUT2D eigenvalue weighted by Crippen LogP contribution is 2.35. The summed E-state index contributed by atoms with van der Waals surface area (Å²) in [5.74, 6) is 0.567. The number of nitrogens with two attached hydrogens (primary N) is 1. The summed E-state index contributed by atoms with van der Waals surface area (Å²) in [4.78, 5) is 24.0. The molecule has 1 amide bonds. The second kappa shape index (κ2) is 5.62. The molecule has 24 heavy (non-hydrogen) atoms. The van der Waals surface area contributed by atoms with E-state index in [0.29, 0.717) is 17.9 Å². The smallest absolute Gasteiger partial charge is 0.248 e. The zero-order valence-electron chi connectivity index (χ0n) is 14.0. The van der Waals surface area contributed by atoms with Crippen LogP contribution in [0.5, 0.6) is 0 Å². The van der Waals surface area contributed by atoms with E-state index in [1.165, 1.54) is 12.8 Å². The number of carbonyl (C=O) groups is 2. The molecule has 2 aliphatic rings. The fourth-order valence-corrected chi connectivity index (χ4v) is 3.85. The number of amides is 1. The predicted octanol–water partition coefficient (Wildman–Crippen LogP) is 3.36. The first-order chi connectivity index (χ1) is 11.5. The molecule has 1 heterocycles. The second-order valence-electron chi connectivity index (χ2n) is 7.13. The number of Topliss-reactive ketones (excluding diaryl/α,β-unsaturated/α-hetero) is 1.